The third kappa shape index (κ3) is 4.38. The van der Waals surface area contributed by atoms with Crippen molar-refractivity contribution in [3.8, 4) is 5.69 Å². The van der Waals surface area contributed by atoms with Crippen molar-refractivity contribution in [3.05, 3.63) is 149 Å². The van der Waals surface area contributed by atoms with E-state index in [1.807, 2.05) is 0 Å². The van der Waals surface area contributed by atoms with Crippen molar-refractivity contribution in [3.63, 3.8) is 0 Å². The van der Waals surface area contributed by atoms with Gasteiger partial charge in [-0.2, -0.15) is 0 Å². The average Bonchev–Trinajstić information content (AvgIpc) is 3.32. The van der Waals surface area contributed by atoms with Crippen LogP contribution in [0.4, 0.5) is 0 Å². The summed E-state index contributed by atoms with van der Waals surface area (Å²) in [4.78, 5) is 2.37. The molecule has 2 unspecified atom stereocenters. The molecule has 5 aromatic carbocycles. The Balaban J connectivity index is 1.34. The molecule has 1 aliphatic rings. The van der Waals surface area contributed by atoms with Crippen molar-refractivity contribution in [2.24, 2.45) is 0 Å². The van der Waals surface area contributed by atoms with Crippen molar-refractivity contribution in [2.45, 2.75) is 18.5 Å². The molecule has 6 aromatic rings. The van der Waals surface area contributed by atoms with Crippen molar-refractivity contribution < 1.29 is 0 Å². The minimum atomic E-state index is -0.0428. The molecule has 0 bridgehead atoms. The van der Waals surface area contributed by atoms with E-state index in [0.717, 1.165) is 10.2 Å². The lowest BCUT2D eigenvalue weighted by molar-refractivity contribution is 0.0416. The van der Waals surface area contributed by atoms with Crippen LogP contribution in [0.1, 0.15) is 35.2 Å². The summed E-state index contributed by atoms with van der Waals surface area (Å²) >= 11 is 3.67. The van der Waals surface area contributed by atoms with Crippen LogP contribution in [-0.2, 0) is 0 Å². The number of fused-ring (bicyclic) bond motifs is 3. The number of aromatic nitrogens is 1. The van der Waals surface area contributed by atoms with Gasteiger partial charge in [0.2, 0.25) is 0 Å². The van der Waals surface area contributed by atoms with Gasteiger partial charge < -0.3 is 4.57 Å². The first-order valence-electron chi connectivity index (χ1n) is 13.3. The number of nitrogens with zero attached hydrogens (tertiary/aromatic N) is 2. The van der Waals surface area contributed by atoms with Crippen molar-refractivity contribution >= 4 is 37.7 Å². The molecule has 1 fully saturated rings. The summed E-state index contributed by atoms with van der Waals surface area (Å²) in [6.07, 6.45) is 0.0626. The van der Waals surface area contributed by atoms with Gasteiger partial charge in [-0.25, -0.2) is 0 Å². The zero-order chi connectivity index (χ0) is 26.3. The van der Waals surface area contributed by atoms with Crippen LogP contribution in [0, 0.1) is 0 Å². The molecule has 1 saturated heterocycles. The zero-order valence-corrected chi connectivity index (χ0v) is 23.2. The van der Waals surface area contributed by atoms with E-state index in [9.17, 15) is 0 Å². The Bertz CT molecular complexity index is 1710. The molecule has 0 saturated carbocycles. The molecule has 2 atom stereocenters. The largest absolute Gasteiger partial charge is 0.309 e. The fourth-order valence-electron chi connectivity index (χ4n) is 5.94. The molecule has 1 aromatic heterocycles. The fraction of sp³-hybridized carbons (Fsp3) is 0.118. The van der Waals surface area contributed by atoms with Gasteiger partial charge in [0.05, 0.1) is 29.5 Å². The fourth-order valence-corrected chi connectivity index (χ4v) is 6.30. The first kappa shape index (κ1) is 24.3. The number of halogens is 1. The van der Waals surface area contributed by atoms with Crippen molar-refractivity contribution in [1.29, 1.82) is 0 Å². The molecule has 0 spiro atoms. The summed E-state index contributed by atoms with van der Waals surface area (Å²) in [6.45, 7) is 0. The lowest BCUT2D eigenvalue weighted by Gasteiger charge is -2.45. The second kappa shape index (κ2) is 10.1. The number of benzene rings is 5. The van der Waals surface area contributed by atoms with Gasteiger partial charge in [-0.05, 0) is 60.1 Å². The van der Waals surface area contributed by atoms with Crippen molar-refractivity contribution in [1.82, 2.24) is 20.1 Å². The highest BCUT2D eigenvalue weighted by Gasteiger charge is 2.34. The smallest absolute Gasteiger partial charge is 0.0887 e. The maximum absolute atomic E-state index is 3.89. The predicted octanol–water partition coefficient (Wildman–Crippen LogP) is 8.07. The monoisotopic (exact) mass is 572 g/mol. The van der Waals surface area contributed by atoms with Crippen LogP contribution in [0.15, 0.2) is 132 Å². The van der Waals surface area contributed by atoms with Gasteiger partial charge >= 0.3 is 0 Å². The van der Waals surface area contributed by atoms with E-state index >= 15 is 0 Å². The molecule has 5 heteroatoms. The van der Waals surface area contributed by atoms with E-state index < -0.39 is 0 Å². The van der Waals surface area contributed by atoms with Gasteiger partial charge in [0.25, 0.3) is 0 Å². The summed E-state index contributed by atoms with van der Waals surface area (Å²) in [5.41, 5.74) is 7.25. The van der Waals surface area contributed by atoms with Gasteiger partial charge in [0.1, 0.15) is 0 Å². The first-order valence-corrected chi connectivity index (χ1v) is 14.1. The van der Waals surface area contributed by atoms with Crippen LogP contribution in [0.25, 0.3) is 27.5 Å². The molecule has 1 aliphatic heterocycles. The Morgan fingerprint density at radius 3 is 1.85 bits per heavy atom. The quantitative estimate of drug-likeness (QED) is 0.224. The molecule has 2 heterocycles. The maximum atomic E-state index is 3.89. The third-order valence-corrected chi connectivity index (χ3v) is 8.28. The van der Waals surface area contributed by atoms with Crippen LogP contribution >= 0.6 is 15.9 Å². The van der Waals surface area contributed by atoms with E-state index in [1.165, 1.54) is 38.5 Å². The summed E-state index contributed by atoms with van der Waals surface area (Å²) in [5.74, 6) is 0. The normalized spacial score (nSPS) is 20.0. The predicted molar refractivity (Wildman–Crippen MR) is 164 cm³/mol. The topological polar surface area (TPSA) is 32.2 Å². The Morgan fingerprint density at radius 2 is 1.15 bits per heavy atom. The molecule has 2 N–H and O–H groups in total. The second-order valence-electron chi connectivity index (χ2n) is 10.2. The lowest BCUT2D eigenvalue weighted by atomic mass is 10.0. The minimum absolute atomic E-state index is 0.0428. The van der Waals surface area contributed by atoms with Gasteiger partial charge in [0.15, 0.2) is 0 Å². The van der Waals surface area contributed by atoms with E-state index in [4.69, 9.17) is 0 Å². The number of rotatable bonds is 4. The van der Waals surface area contributed by atoms with Crippen LogP contribution in [0.3, 0.4) is 0 Å². The van der Waals surface area contributed by atoms with Crippen molar-refractivity contribution in [2.75, 3.05) is 7.05 Å². The summed E-state index contributed by atoms with van der Waals surface area (Å²) < 4.78 is 3.46. The number of hydrogen-bond donors (Lipinski definition) is 2. The summed E-state index contributed by atoms with van der Waals surface area (Å²) in [5, 5.41) is 10.3. The highest BCUT2D eigenvalue weighted by Crippen LogP contribution is 2.36. The van der Waals surface area contributed by atoms with Crippen LogP contribution in [0.5, 0.6) is 0 Å². The molecule has 7 rings (SSSR count). The Kier molecular flexibility index (Phi) is 6.30. The Labute approximate surface area is 237 Å². The highest BCUT2D eigenvalue weighted by molar-refractivity contribution is 9.10. The molecular weight excluding hydrogens is 544 g/mol. The standard InChI is InChI=1S/C34H29BrN4/c1-38-33(23-11-4-2-5-12-23)36-32(37-34(38)24-13-6-3-7-14-24)25-15-10-16-27(21-25)39-30-18-9-8-17-28(30)29-22-26(35)19-20-31(29)39/h2-22,32-34,36-37H,1H3. The average molecular weight is 574 g/mol. The molecule has 0 radical (unpaired) electrons. The van der Waals surface area contributed by atoms with Gasteiger partial charge in [-0.1, -0.05) is 107 Å². The Morgan fingerprint density at radius 1 is 0.564 bits per heavy atom. The number of hydrogen-bond acceptors (Lipinski definition) is 3. The van der Waals surface area contributed by atoms with Crippen LogP contribution in [-0.4, -0.2) is 16.5 Å². The van der Waals surface area contributed by atoms with Crippen LogP contribution in [0.2, 0.25) is 0 Å². The lowest BCUT2D eigenvalue weighted by Crippen LogP contribution is -2.54. The second-order valence-corrected chi connectivity index (χ2v) is 11.1. The zero-order valence-electron chi connectivity index (χ0n) is 21.6. The number of nitrogens with one attached hydrogen (secondary N) is 2. The Hall–Kier alpha value is -3.74. The first-order chi connectivity index (χ1) is 19.2. The van der Waals surface area contributed by atoms with Gasteiger partial charge in [0, 0.05) is 20.9 Å². The van der Waals surface area contributed by atoms with E-state index in [2.05, 4.69) is 170 Å². The third-order valence-electron chi connectivity index (χ3n) is 7.79. The molecule has 0 amide bonds. The molecular formula is C34H29BrN4. The molecule has 4 nitrogen and oxygen atoms in total. The van der Waals surface area contributed by atoms with E-state index in [0.29, 0.717) is 0 Å². The maximum Gasteiger partial charge on any atom is 0.0887 e. The minimum Gasteiger partial charge on any atom is -0.309 e. The molecule has 0 aliphatic carbocycles. The molecule has 39 heavy (non-hydrogen) atoms. The van der Waals surface area contributed by atoms with Gasteiger partial charge in [-0.15, -0.1) is 0 Å². The van der Waals surface area contributed by atoms with E-state index in [1.54, 1.807) is 0 Å². The number of para-hydroxylation sites is 1. The molecule has 192 valence electrons. The highest BCUT2D eigenvalue weighted by atomic mass is 79.9. The van der Waals surface area contributed by atoms with E-state index in [-0.39, 0.29) is 18.5 Å². The summed E-state index contributed by atoms with van der Waals surface area (Å²) in [7, 11) is 2.18. The van der Waals surface area contributed by atoms with Crippen LogP contribution < -0.4 is 10.6 Å². The van der Waals surface area contributed by atoms with Gasteiger partial charge in [-0.3, -0.25) is 15.5 Å². The summed E-state index contributed by atoms with van der Waals surface area (Å²) in [6, 6.07) is 45.5. The SMILES string of the molecule is CN1C(c2ccccc2)NC(c2cccc(-n3c4ccccc4c4cc(Br)ccc43)c2)NC1c1ccccc1.